The number of nitrogens with zero attached hydrogens (tertiary/aromatic N) is 3. The van der Waals surface area contributed by atoms with E-state index in [1.807, 2.05) is 12.1 Å². The molecule has 0 atom stereocenters. The lowest BCUT2D eigenvalue weighted by Crippen LogP contribution is -2.21. The predicted octanol–water partition coefficient (Wildman–Crippen LogP) is 2.27. The zero-order chi connectivity index (χ0) is 19.9. The van der Waals surface area contributed by atoms with Crippen LogP contribution in [0.1, 0.15) is 11.1 Å². The van der Waals surface area contributed by atoms with Gasteiger partial charge in [-0.05, 0) is 47.4 Å². The molecule has 1 aliphatic heterocycles. The lowest BCUT2D eigenvalue weighted by atomic mass is 10.0. The number of nitrogen functional groups attached to an aromatic ring is 2. The van der Waals surface area contributed by atoms with E-state index >= 15 is 0 Å². The van der Waals surface area contributed by atoms with E-state index in [0.29, 0.717) is 17.3 Å². The van der Waals surface area contributed by atoms with Crippen molar-refractivity contribution >= 4 is 27.3 Å². The highest BCUT2D eigenvalue weighted by Gasteiger charge is 2.21. The highest BCUT2D eigenvalue weighted by Crippen LogP contribution is 2.34. The van der Waals surface area contributed by atoms with Crippen LogP contribution in [0, 0.1) is 0 Å². The molecule has 2 heterocycles. The van der Waals surface area contributed by atoms with Crippen molar-refractivity contribution in [2.24, 2.45) is 0 Å². The summed E-state index contributed by atoms with van der Waals surface area (Å²) in [4.78, 5) is 10.6. The third-order valence-corrected chi connectivity index (χ3v) is 6.09. The fraction of sp³-hybridized carbons (Fsp3) is 0.200. The Balaban J connectivity index is 1.58. The number of hydrogen-bond acceptors (Lipinski definition) is 7. The van der Waals surface area contributed by atoms with Gasteiger partial charge in [-0.15, -0.1) is 0 Å². The Morgan fingerprint density at radius 2 is 1.79 bits per heavy atom. The van der Waals surface area contributed by atoms with Gasteiger partial charge in [0, 0.05) is 36.8 Å². The summed E-state index contributed by atoms with van der Waals surface area (Å²) < 4.78 is 23.3. The van der Waals surface area contributed by atoms with Gasteiger partial charge in [0.2, 0.25) is 5.95 Å². The van der Waals surface area contributed by atoms with Gasteiger partial charge < -0.3 is 16.4 Å². The Labute approximate surface area is 164 Å². The van der Waals surface area contributed by atoms with Crippen molar-refractivity contribution < 1.29 is 8.42 Å². The van der Waals surface area contributed by atoms with Crippen LogP contribution in [0.3, 0.4) is 0 Å². The minimum absolute atomic E-state index is 0.176. The van der Waals surface area contributed by atoms with Crippen molar-refractivity contribution in [3.63, 3.8) is 0 Å². The number of fused-ring (bicyclic) bond motifs is 1. The smallest absolute Gasteiger partial charge is 0.221 e. The fourth-order valence-corrected chi connectivity index (χ4v) is 4.10. The molecule has 0 saturated heterocycles. The van der Waals surface area contributed by atoms with E-state index in [2.05, 4.69) is 33.1 Å². The summed E-state index contributed by atoms with van der Waals surface area (Å²) in [6, 6.07) is 13.3. The third-order valence-electron chi connectivity index (χ3n) is 4.96. The summed E-state index contributed by atoms with van der Waals surface area (Å²) >= 11 is 0. The first kappa shape index (κ1) is 18.2. The molecule has 0 aliphatic carbocycles. The standard InChI is InChI=1S/C20H21N5O2S/c1-28(26,27)17-5-2-13(3-6-17)14-4-7-18-15(10-14)8-9-25(18)12-16-11-23-20(22)24-19(16)21/h2-7,10-11H,8-9,12H2,1H3,(H4,21,22,23,24). The highest BCUT2D eigenvalue weighted by atomic mass is 32.2. The van der Waals surface area contributed by atoms with E-state index in [0.717, 1.165) is 35.3 Å². The fourth-order valence-electron chi connectivity index (χ4n) is 3.47. The first-order chi connectivity index (χ1) is 13.3. The Morgan fingerprint density at radius 3 is 2.46 bits per heavy atom. The lowest BCUT2D eigenvalue weighted by Gasteiger charge is -2.20. The molecule has 0 radical (unpaired) electrons. The molecule has 1 aliphatic rings. The normalized spacial score (nSPS) is 13.5. The minimum atomic E-state index is -3.19. The molecular formula is C20H21N5O2S. The summed E-state index contributed by atoms with van der Waals surface area (Å²) in [6.45, 7) is 1.51. The first-order valence-electron chi connectivity index (χ1n) is 8.86. The number of nitrogens with two attached hydrogens (primary N) is 2. The second-order valence-electron chi connectivity index (χ2n) is 6.95. The van der Waals surface area contributed by atoms with Crippen molar-refractivity contribution in [3.05, 3.63) is 59.8 Å². The van der Waals surface area contributed by atoms with E-state index in [4.69, 9.17) is 11.5 Å². The van der Waals surface area contributed by atoms with Gasteiger partial charge in [0.25, 0.3) is 0 Å². The molecule has 2 aromatic carbocycles. The average molecular weight is 395 g/mol. The largest absolute Gasteiger partial charge is 0.383 e. The third kappa shape index (κ3) is 3.50. The van der Waals surface area contributed by atoms with Crippen molar-refractivity contribution in [1.82, 2.24) is 9.97 Å². The molecule has 28 heavy (non-hydrogen) atoms. The molecule has 3 aromatic rings. The highest BCUT2D eigenvalue weighted by molar-refractivity contribution is 7.90. The van der Waals surface area contributed by atoms with Crippen LogP contribution in [0.15, 0.2) is 53.6 Å². The number of hydrogen-bond donors (Lipinski definition) is 2. The summed E-state index contributed by atoms with van der Waals surface area (Å²) in [6.07, 6.45) is 3.82. The molecular weight excluding hydrogens is 374 g/mol. The van der Waals surface area contributed by atoms with Gasteiger partial charge in [0.05, 0.1) is 4.90 Å². The number of sulfone groups is 1. The maximum atomic E-state index is 11.6. The maximum absolute atomic E-state index is 11.6. The molecule has 7 nitrogen and oxygen atoms in total. The molecule has 0 spiro atoms. The molecule has 0 saturated carbocycles. The zero-order valence-electron chi connectivity index (χ0n) is 15.5. The summed E-state index contributed by atoms with van der Waals surface area (Å²) in [5.74, 6) is 0.582. The number of anilines is 3. The number of rotatable bonds is 4. The molecule has 4 rings (SSSR count). The number of aromatic nitrogens is 2. The summed E-state index contributed by atoms with van der Waals surface area (Å²) in [5, 5.41) is 0. The second-order valence-corrected chi connectivity index (χ2v) is 8.97. The minimum Gasteiger partial charge on any atom is -0.383 e. The quantitative estimate of drug-likeness (QED) is 0.696. The lowest BCUT2D eigenvalue weighted by molar-refractivity contribution is 0.602. The van der Waals surface area contributed by atoms with Crippen LogP contribution >= 0.6 is 0 Å². The van der Waals surface area contributed by atoms with Gasteiger partial charge >= 0.3 is 0 Å². The van der Waals surface area contributed by atoms with E-state index in [9.17, 15) is 8.42 Å². The van der Waals surface area contributed by atoms with Crippen molar-refractivity contribution in [2.45, 2.75) is 17.9 Å². The summed E-state index contributed by atoms with van der Waals surface area (Å²) in [7, 11) is -3.19. The Morgan fingerprint density at radius 1 is 1.07 bits per heavy atom. The van der Waals surface area contributed by atoms with Gasteiger partial charge in [-0.3, -0.25) is 0 Å². The van der Waals surface area contributed by atoms with Crippen LogP contribution in [-0.4, -0.2) is 31.2 Å². The molecule has 0 amide bonds. The molecule has 8 heteroatoms. The second kappa shape index (κ2) is 6.79. The van der Waals surface area contributed by atoms with E-state index in [1.165, 1.54) is 11.8 Å². The molecule has 144 valence electrons. The van der Waals surface area contributed by atoms with Crippen molar-refractivity contribution in [2.75, 3.05) is 29.2 Å². The van der Waals surface area contributed by atoms with Crippen molar-refractivity contribution in [1.29, 1.82) is 0 Å². The predicted molar refractivity (Wildman–Crippen MR) is 111 cm³/mol. The monoisotopic (exact) mass is 395 g/mol. The van der Waals surface area contributed by atoms with Crippen LogP contribution in [0.25, 0.3) is 11.1 Å². The maximum Gasteiger partial charge on any atom is 0.221 e. The Hall–Kier alpha value is -3.13. The van der Waals surface area contributed by atoms with E-state index < -0.39 is 9.84 Å². The van der Waals surface area contributed by atoms with Gasteiger partial charge in [0.15, 0.2) is 9.84 Å². The first-order valence-corrected chi connectivity index (χ1v) is 10.8. The van der Waals surface area contributed by atoms with E-state index in [-0.39, 0.29) is 5.95 Å². The molecule has 0 fully saturated rings. The Bertz CT molecular complexity index is 1140. The van der Waals surface area contributed by atoms with Gasteiger partial charge in [-0.25, -0.2) is 13.4 Å². The van der Waals surface area contributed by atoms with Crippen LogP contribution in [-0.2, 0) is 22.8 Å². The zero-order valence-corrected chi connectivity index (χ0v) is 16.3. The topological polar surface area (TPSA) is 115 Å². The van der Waals surface area contributed by atoms with Crippen LogP contribution < -0.4 is 16.4 Å². The van der Waals surface area contributed by atoms with Gasteiger partial charge in [0.1, 0.15) is 5.82 Å². The number of benzene rings is 2. The summed E-state index contributed by atoms with van der Waals surface area (Å²) in [5.41, 5.74) is 16.8. The molecule has 1 aromatic heterocycles. The average Bonchev–Trinajstić information content (AvgIpc) is 3.05. The molecule has 0 bridgehead atoms. The van der Waals surface area contributed by atoms with E-state index in [1.54, 1.807) is 18.3 Å². The molecule has 4 N–H and O–H groups in total. The van der Waals surface area contributed by atoms with Crippen LogP contribution in [0.2, 0.25) is 0 Å². The van der Waals surface area contributed by atoms with Gasteiger partial charge in [-0.2, -0.15) is 4.98 Å². The van der Waals surface area contributed by atoms with Crippen LogP contribution in [0.4, 0.5) is 17.5 Å². The van der Waals surface area contributed by atoms with Crippen LogP contribution in [0.5, 0.6) is 0 Å². The molecule has 0 unspecified atom stereocenters. The van der Waals surface area contributed by atoms with Crippen molar-refractivity contribution in [3.8, 4) is 11.1 Å². The van der Waals surface area contributed by atoms with Gasteiger partial charge in [-0.1, -0.05) is 18.2 Å². The SMILES string of the molecule is CS(=O)(=O)c1ccc(-c2ccc3c(c2)CCN3Cc2cnc(N)nc2N)cc1. The Kier molecular flexibility index (Phi) is 4.43.